The molecule has 3 nitrogen and oxygen atoms in total. The Morgan fingerprint density at radius 3 is 2.30 bits per heavy atom. The Balaban J connectivity index is 1.31. The fourth-order valence-corrected chi connectivity index (χ4v) is 4.60. The molecular formula is C24H32N2O. The smallest absolute Gasteiger partial charge is 0.119 e. The van der Waals surface area contributed by atoms with E-state index in [1.165, 1.54) is 75.0 Å². The van der Waals surface area contributed by atoms with Crippen LogP contribution in [-0.4, -0.2) is 49.1 Å². The zero-order valence-electron chi connectivity index (χ0n) is 16.6. The van der Waals surface area contributed by atoms with E-state index in [9.17, 15) is 0 Å². The number of methoxy groups -OCH3 is 1. The number of rotatable bonds is 5. The van der Waals surface area contributed by atoms with Gasteiger partial charge in [-0.05, 0) is 41.7 Å². The maximum atomic E-state index is 5.34. The molecule has 144 valence electrons. The molecule has 1 saturated heterocycles. The second kappa shape index (κ2) is 8.90. The maximum Gasteiger partial charge on any atom is 0.119 e. The second-order valence-electron chi connectivity index (χ2n) is 8.03. The lowest BCUT2D eigenvalue weighted by Crippen LogP contribution is -2.50. The number of hydrogen-bond donors (Lipinski definition) is 0. The molecule has 1 aliphatic carbocycles. The van der Waals surface area contributed by atoms with Crippen LogP contribution in [0.15, 0.2) is 48.5 Å². The van der Waals surface area contributed by atoms with Gasteiger partial charge in [-0.3, -0.25) is 9.80 Å². The quantitative estimate of drug-likeness (QED) is 0.757. The third kappa shape index (κ3) is 4.72. The van der Waals surface area contributed by atoms with Gasteiger partial charge in [-0.25, -0.2) is 0 Å². The normalized spacial score (nSPS) is 19.9. The minimum atomic E-state index is 0.864. The van der Waals surface area contributed by atoms with Crippen molar-refractivity contribution < 1.29 is 4.74 Å². The van der Waals surface area contributed by atoms with Crippen LogP contribution in [0.1, 0.15) is 37.7 Å². The Bertz CT molecular complexity index is 713. The molecule has 1 aliphatic heterocycles. The third-order valence-corrected chi connectivity index (χ3v) is 6.26. The van der Waals surface area contributed by atoms with Crippen LogP contribution in [0.5, 0.6) is 5.75 Å². The minimum Gasteiger partial charge on any atom is -0.497 e. The van der Waals surface area contributed by atoms with Gasteiger partial charge in [0.15, 0.2) is 0 Å². The number of nitrogens with zero attached hydrogens (tertiary/aromatic N) is 2. The predicted octanol–water partition coefficient (Wildman–Crippen LogP) is 4.81. The van der Waals surface area contributed by atoms with E-state index in [4.69, 9.17) is 4.74 Å². The topological polar surface area (TPSA) is 15.7 Å². The molecule has 0 radical (unpaired) electrons. The average Bonchev–Trinajstić information content (AvgIpc) is 2.75. The summed E-state index contributed by atoms with van der Waals surface area (Å²) in [7, 11) is 1.72. The molecule has 4 rings (SSSR count). The van der Waals surface area contributed by atoms with Crippen molar-refractivity contribution in [2.24, 2.45) is 0 Å². The second-order valence-corrected chi connectivity index (χ2v) is 8.03. The fourth-order valence-electron chi connectivity index (χ4n) is 4.60. The number of ether oxygens (including phenoxy) is 1. The molecule has 3 heteroatoms. The van der Waals surface area contributed by atoms with Gasteiger partial charge in [0.25, 0.3) is 0 Å². The molecule has 2 aliphatic rings. The first-order chi connectivity index (χ1) is 13.3. The van der Waals surface area contributed by atoms with Crippen molar-refractivity contribution >= 4 is 0 Å². The summed E-state index contributed by atoms with van der Waals surface area (Å²) in [6.45, 7) is 5.96. The first-order valence-corrected chi connectivity index (χ1v) is 10.5. The zero-order valence-corrected chi connectivity index (χ0v) is 16.6. The van der Waals surface area contributed by atoms with Crippen LogP contribution in [0.4, 0.5) is 0 Å². The van der Waals surface area contributed by atoms with E-state index in [1.54, 1.807) is 7.11 Å². The Labute approximate surface area is 163 Å². The van der Waals surface area contributed by atoms with Gasteiger partial charge in [-0.15, -0.1) is 0 Å². The monoisotopic (exact) mass is 364 g/mol. The first-order valence-electron chi connectivity index (χ1n) is 10.5. The summed E-state index contributed by atoms with van der Waals surface area (Å²) in [5.74, 6) is 0.910. The van der Waals surface area contributed by atoms with Gasteiger partial charge < -0.3 is 4.74 Å². The molecule has 1 heterocycles. The molecule has 2 aromatic carbocycles. The SMILES string of the molecule is COc1cccc(-c2ccc(CN3CCN(C4CCCCC4)CC3)cc2)c1. The molecule has 0 atom stereocenters. The van der Waals surface area contributed by atoms with Crippen molar-refractivity contribution in [3.63, 3.8) is 0 Å². The van der Waals surface area contributed by atoms with Crippen molar-refractivity contribution in [1.82, 2.24) is 9.80 Å². The summed E-state index contributed by atoms with van der Waals surface area (Å²) in [5, 5.41) is 0. The largest absolute Gasteiger partial charge is 0.497 e. The minimum absolute atomic E-state index is 0.864. The van der Waals surface area contributed by atoms with Gasteiger partial charge in [0, 0.05) is 38.8 Å². The van der Waals surface area contributed by atoms with Crippen LogP contribution in [-0.2, 0) is 6.54 Å². The first kappa shape index (κ1) is 18.5. The van der Waals surface area contributed by atoms with Crippen LogP contribution in [0.2, 0.25) is 0 Å². The Kier molecular flexibility index (Phi) is 6.10. The molecule has 0 aromatic heterocycles. The van der Waals surface area contributed by atoms with E-state index < -0.39 is 0 Å². The summed E-state index contributed by atoms with van der Waals surface area (Å²) in [4.78, 5) is 5.36. The van der Waals surface area contributed by atoms with Crippen LogP contribution >= 0.6 is 0 Å². The fraction of sp³-hybridized carbons (Fsp3) is 0.500. The van der Waals surface area contributed by atoms with E-state index >= 15 is 0 Å². The van der Waals surface area contributed by atoms with Gasteiger partial charge in [-0.1, -0.05) is 55.7 Å². The van der Waals surface area contributed by atoms with Crippen molar-refractivity contribution in [2.45, 2.75) is 44.7 Å². The summed E-state index contributed by atoms with van der Waals surface area (Å²) >= 11 is 0. The molecule has 0 spiro atoms. The molecular weight excluding hydrogens is 332 g/mol. The summed E-state index contributed by atoms with van der Waals surface area (Å²) in [6.07, 6.45) is 7.16. The molecule has 0 N–H and O–H groups in total. The van der Waals surface area contributed by atoms with E-state index in [1.807, 2.05) is 12.1 Å². The maximum absolute atomic E-state index is 5.34. The van der Waals surface area contributed by atoms with Crippen LogP contribution < -0.4 is 4.74 Å². The van der Waals surface area contributed by atoms with E-state index in [2.05, 4.69) is 46.2 Å². The lowest BCUT2D eigenvalue weighted by molar-refractivity contribution is 0.0755. The van der Waals surface area contributed by atoms with Crippen molar-refractivity contribution in [3.05, 3.63) is 54.1 Å². The lowest BCUT2D eigenvalue weighted by Gasteiger charge is -2.40. The van der Waals surface area contributed by atoms with Gasteiger partial charge in [-0.2, -0.15) is 0 Å². The highest BCUT2D eigenvalue weighted by Crippen LogP contribution is 2.25. The lowest BCUT2D eigenvalue weighted by atomic mass is 9.94. The zero-order chi connectivity index (χ0) is 18.5. The van der Waals surface area contributed by atoms with Crippen LogP contribution in [0, 0.1) is 0 Å². The summed E-state index contributed by atoms with van der Waals surface area (Å²) in [6, 6.07) is 18.2. The van der Waals surface area contributed by atoms with Gasteiger partial charge >= 0.3 is 0 Å². The van der Waals surface area contributed by atoms with Crippen molar-refractivity contribution in [3.8, 4) is 16.9 Å². The number of benzene rings is 2. The summed E-state index contributed by atoms with van der Waals surface area (Å²) < 4.78 is 5.34. The molecule has 2 aromatic rings. The van der Waals surface area contributed by atoms with E-state index in [0.717, 1.165) is 18.3 Å². The van der Waals surface area contributed by atoms with Gasteiger partial charge in [0.1, 0.15) is 5.75 Å². The molecule has 1 saturated carbocycles. The Hall–Kier alpha value is -1.84. The average molecular weight is 365 g/mol. The van der Waals surface area contributed by atoms with E-state index in [0.29, 0.717) is 0 Å². The third-order valence-electron chi connectivity index (χ3n) is 6.26. The molecule has 2 fully saturated rings. The Morgan fingerprint density at radius 2 is 1.59 bits per heavy atom. The van der Waals surface area contributed by atoms with Gasteiger partial charge in [0.2, 0.25) is 0 Å². The molecule has 27 heavy (non-hydrogen) atoms. The van der Waals surface area contributed by atoms with Crippen molar-refractivity contribution in [2.75, 3.05) is 33.3 Å². The standard InChI is InChI=1S/C24H32N2O/c1-27-24-9-5-6-22(18-24)21-12-10-20(11-13-21)19-25-14-16-26(17-15-25)23-7-3-2-4-8-23/h5-6,9-13,18,23H,2-4,7-8,14-17,19H2,1H3. The van der Waals surface area contributed by atoms with Crippen LogP contribution in [0.25, 0.3) is 11.1 Å². The molecule has 0 bridgehead atoms. The highest BCUT2D eigenvalue weighted by atomic mass is 16.5. The van der Waals surface area contributed by atoms with Crippen molar-refractivity contribution in [1.29, 1.82) is 0 Å². The number of hydrogen-bond acceptors (Lipinski definition) is 3. The highest BCUT2D eigenvalue weighted by Gasteiger charge is 2.24. The van der Waals surface area contributed by atoms with Crippen LogP contribution in [0.3, 0.4) is 0 Å². The number of piperazine rings is 1. The highest BCUT2D eigenvalue weighted by molar-refractivity contribution is 5.65. The molecule has 0 amide bonds. The van der Waals surface area contributed by atoms with Gasteiger partial charge in [0.05, 0.1) is 7.11 Å². The predicted molar refractivity (Wildman–Crippen MR) is 112 cm³/mol. The van der Waals surface area contributed by atoms with E-state index in [-0.39, 0.29) is 0 Å². The summed E-state index contributed by atoms with van der Waals surface area (Å²) in [5.41, 5.74) is 3.87. The molecule has 0 unspecified atom stereocenters. The Morgan fingerprint density at radius 1 is 0.852 bits per heavy atom.